The quantitative estimate of drug-likeness (QED) is 0.306. The molecule has 0 aliphatic carbocycles. The molecule has 3 amide bonds. The van der Waals surface area contributed by atoms with Gasteiger partial charge in [0.05, 0.1) is 11.3 Å². The van der Waals surface area contributed by atoms with Crippen LogP contribution in [-0.4, -0.2) is 54.4 Å². The van der Waals surface area contributed by atoms with Crippen LogP contribution in [-0.2, 0) is 20.6 Å². The lowest BCUT2D eigenvalue weighted by molar-refractivity contribution is -0.138. The number of carbonyl (C=O) groups excluding carboxylic acids is 3. The highest BCUT2D eigenvalue weighted by atomic mass is 19.4. The highest BCUT2D eigenvalue weighted by Gasteiger charge is 2.38. The molecule has 0 saturated carbocycles. The van der Waals surface area contributed by atoms with Crippen LogP contribution in [0.4, 0.5) is 28.9 Å². The van der Waals surface area contributed by atoms with Crippen LogP contribution in [0.1, 0.15) is 36.0 Å². The van der Waals surface area contributed by atoms with Crippen LogP contribution in [0.2, 0.25) is 0 Å². The first kappa shape index (κ1) is 27.4. The molecule has 1 unspecified atom stereocenters. The molecule has 1 aliphatic rings. The fourth-order valence-electron chi connectivity index (χ4n) is 3.98. The molecule has 1 heterocycles. The minimum Gasteiger partial charge on any atom is -0.398 e. The second-order valence-electron chi connectivity index (χ2n) is 8.70. The predicted molar refractivity (Wildman–Crippen MR) is 129 cm³/mol. The second-order valence-corrected chi connectivity index (χ2v) is 8.70. The molecular weight excluding hydrogens is 494 g/mol. The Hall–Kier alpha value is -4.22. The molecule has 2 aromatic carbocycles. The lowest BCUT2D eigenvalue weighted by atomic mass is 9.83. The third-order valence-corrected chi connectivity index (χ3v) is 6.08. The Kier molecular flexibility index (Phi) is 7.70. The molecule has 1 aliphatic heterocycles. The summed E-state index contributed by atoms with van der Waals surface area (Å²) in [6.45, 7) is 1.08. The van der Waals surface area contributed by atoms with Crippen LogP contribution in [0.25, 0.3) is 0 Å². The zero-order valence-electron chi connectivity index (χ0n) is 20.2. The number of benzene rings is 2. The zero-order valence-corrected chi connectivity index (χ0v) is 20.2. The van der Waals surface area contributed by atoms with Crippen molar-refractivity contribution in [1.82, 2.24) is 9.80 Å². The van der Waals surface area contributed by atoms with Gasteiger partial charge in [0.25, 0.3) is 5.91 Å². The van der Waals surface area contributed by atoms with Crippen LogP contribution < -0.4 is 11.1 Å². The fraction of sp³-hybridized carbons (Fsp3) is 0.280. The van der Waals surface area contributed by atoms with Crippen LogP contribution in [0.3, 0.4) is 0 Å². The Morgan fingerprint density at radius 3 is 2.38 bits per heavy atom. The smallest absolute Gasteiger partial charge is 0.398 e. The van der Waals surface area contributed by atoms with E-state index in [1.54, 1.807) is 0 Å². The minimum atomic E-state index is -4.57. The summed E-state index contributed by atoms with van der Waals surface area (Å²) in [5.74, 6) is -3.57. The third kappa shape index (κ3) is 5.79. The summed E-state index contributed by atoms with van der Waals surface area (Å²) in [5.41, 5.74) is 4.99. The summed E-state index contributed by atoms with van der Waals surface area (Å²) in [4.78, 5) is 41.2. The molecule has 3 rings (SSSR count). The molecule has 12 heteroatoms. The molecule has 8 nitrogen and oxygen atoms in total. The molecule has 2 aromatic rings. The highest BCUT2D eigenvalue weighted by Crippen LogP contribution is 2.38. The maximum absolute atomic E-state index is 14.6. The van der Waals surface area contributed by atoms with Crippen LogP contribution in [0.15, 0.2) is 47.7 Å². The number of carbonyl (C=O) groups is 3. The van der Waals surface area contributed by atoms with Gasteiger partial charge in [0.15, 0.2) is 0 Å². The molecule has 0 radical (unpaired) electrons. The number of alkyl halides is 3. The Bertz CT molecular complexity index is 1290. The number of halogens is 4. The van der Waals surface area contributed by atoms with E-state index in [0.717, 1.165) is 29.3 Å². The number of nitrogens with one attached hydrogen (secondary N) is 2. The number of allylic oxidation sites excluding steroid dienone is 1. The summed E-state index contributed by atoms with van der Waals surface area (Å²) in [6, 6.07) is 6.17. The molecule has 0 aromatic heterocycles. The van der Waals surface area contributed by atoms with Crippen molar-refractivity contribution in [3.05, 3.63) is 70.2 Å². The normalized spacial score (nSPS) is 16.0. The van der Waals surface area contributed by atoms with Crippen molar-refractivity contribution >= 4 is 35.3 Å². The largest absolute Gasteiger partial charge is 0.416 e. The maximum Gasteiger partial charge on any atom is 0.416 e. The zero-order chi connectivity index (χ0) is 27.7. The number of likely N-dealkylation sites (N-methyl/N-ethyl adjacent to an activating group) is 1. The van der Waals surface area contributed by atoms with E-state index in [1.165, 1.54) is 44.1 Å². The number of hydrogen-bond acceptors (Lipinski definition) is 5. The topological polar surface area (TPSA) is 120 Å². The molecule has 4 N–H and O–H groups in total. The predicted octanol–water partition coefficient (Wildman–Crippen LogP) is 3.74. The number of amides is 3. The van der Waals surface area contributed by atoms with E-state index in [1.807, 2.05) is 0 Å². The number of nitrogens with zero attached hydrogens (tertiary/aromatic N) is 2. The first-order valence-corrected chi connectivity index (χ1v) is 11.0. The molecule has 37 heavy (non-hydrogen) atoms. The Balaban J connectivity index is 2.09. The van der Waals surface area contributed by atoms with Crippen molar-refractivity contribution in [1.29, 1.82) is 5.41 Å². The maximum atomic E-state index is 14.6. The molecule has 0 fully saturated rings. The van der Waals surface area contributed by atoms with Crippen molar-refractivity contribution in [2.24, 2.45) is 0 Å². The van der Waals surface area contributed by atoms with Gasteiger partial charge in [-0.25, -0.2) is 4.39 Å². The third-order valence-electron chi connectivity index (χ3n) is 6.08. The second kappa shape index (κ2) is 10.4. The van der Waals surface area contributed by atoms with Crippen molar-refractivity contribution in [2.75, 3.05) is 31.7 Å². The molecule has 0 bridgehead atoms. The van der Waals surface area contributed by atoms with Gasteiger partial charge in [0, 0.05) is 55.2 Å². The Morgan fingerprint density at radius 2 is 1.84 bits per heavy atom. The Labute approximate surface area is 210 Å². The molecule has 1 atom stereocenters. The van der Waals surface area contributed by atoms with E-state index in [-0.39, 0.29) is 46.7 Å². The fourth-order valence-corrected chi connectivity index (χ4v) is 3.98. The van der Waals surface area contributed by atoms with E-state index in [4.69, 9.17) is 11.1 Å². The lowest BCUT2D eigenvalue weighted by Crippen LogP contribution is -2.44. The summed E-state index contributed by atoms with van der Waals surface area (Å²) in [6.07, 6.45) is -3.99. The monoisotopic (exact) mass is 519 g/mol. The van der Waals surface area contributed by atoms with Crippen LogP contribution >= 0.6 is 0 Å². The van der Waals surface area contributed by atoms with Crippen molar-refractivity contribution in [3.63, 3.8) is 0 Å². The number of nitrogens with two attached hydrogens (primary N) is 1. The van der Waals surface area contributed by atoms with Gasteiger partial charge in [0.1, 0.15) is 12.4 Å². The molecule has 0 saturated heterocycles. The number of anilines is 2. The molecular formula is C25H25F4N5O3. The van der Waals surface area contributed by atoms with E-state index in [0.29, 0.717) is 0 Å². The average Bonchev–Trinajstić information content (AvgIpc) is 2.82. The van der Waals surface area contributed by atoms with Gasteiger partial charge in [-0.1, -0.05) is 12.1 Å². The van der Waals surface area contributed by atoms with E-state index in [9.17, 15) is 31.9 Å². The van der Waals surface area contributed by atoms with E-state index < -0.39 is 41.2 Å². The van der Waals surface area contributed by atoms with E-state index in [2.05, 4.69) is 5.32 Å². The number of nitrogen functional groups attached to an aromatic ring is 1. The van der Waals surface area contributed by atoms with Gasteiger partial charge in [0.2, 0.25) is 11.8 Å². The molecule has 0 spiro atoms. The highest BCUT2D eigenvalue weighted by molar-refractivity contribution is 6.08. The van der Waals surface area contributed by atoms with Gasteiger partial charge in [-0.3, -0.25) is 14.4 Å². The van der Waals surface area contributed by atoms with Crippen LogP contribution in [0, 0.1) is 11.2 Å². The van der Waals surface area contributed by atoms with Gasteiger partial charge < -0.3 is 26.3 Å². The summed E-state index contributed by atoms with van der Waals surface area (Å²) < 4.78 is 53.8. The average molecular weight is 519 g/mol. The summed E-state index contributed by atoms with van der Waals surface area (Å²) >= 11 is 0. The SMILES string of the molecule is CC1=C(C(=O)Nc2cc(C=N)c(N)cc2F)C(c2ccc(C(F)(F)F)cc2)CC(=O)N1CC(=O)N(C)C. The Morgan fingerprint density at radius 1 is 1.22 bits per heavy atom. The lowest BCUT2D eigenvalue weighted by Gasteiger charge is -2.35. The van der Waals surface area contributed by atoms with Gasteiger partial charge in [-0.2, -0.15) is 13.2 Å². The van der Waals surface area contributed by atoms with E-state index >= 15 is 0 Å². The van der Waals surface area contributed by atoms with Gasteiger partial charge in [-0.15, -0.1) is 0 Å². The first-order chi connectivity index (χ1) is 17.2. The summed E-state index contributed by atoms with van der Waals surface area (Å²) in [7, 11) is 3.00. The standard InChI is InChI=1S/C25H25F4N5O3/c1-13-23(24(37)32-20-8-15(11-30)19(31)10-18(20)26)17(9-21(35)34(13)12-22(36)33(2)3)14-4-6-16(7-5-14)25(27,28)29/h4-8,10-11,17,30H,9,12,31H2,1-3H3,(H,32,37). The van der Waals surface area contributed by atoms with Crippen molar-refractivity contribution < 1.29 is 31.9 Å². The number of hydrogen-bond donors (Lipinski definition) is 3. The molecule has 196 valence electrons. The van der Waals surface area contributed by atoms with Gasteiger partial charge in [-0.05, 0) is 36.8 Å². The minimum absolute atomic E-state index is 0.0137. The van der Waals surface area contributed by atoms with Gasteiger partial charge >= 0.3 is 6.18 Å². The van der Waals surface area contributed by atoms with Crippen molar-refractivity contribution in [2.45, 2.75) is 25.4 Å². The summed E-state index contributed by atoms with van der Waals surface area (Å²) in [5, 5.41) is 9.82. The van der Waals surface area contributed by atoms with Crippen LogP contribution in [0.5, 0.6) is 0 Å². The first-order valence-electron chi connectivity index (χ1n) is 11.0. The number of rotatable bonds is 6. The van der Waals surface area contributed by atoms with Crippen molar-refractivity contribution in [3.8, 4) is 0 Å².